The van der Waals surface area contributed by atoms with Gasteiger partial charge in [-0.1, -0.05) is 0 Å². The summed E-state index contributed by atoms with van der Waals surface area (Å²) in [6.07, 6.45) is 8.22. The maximum Gasteiger partial charge on any atom is 0.0690 e. The summed E-state index contributed by atoms with van der Waals surface area (Å²) >= 11 is 0. The van der Waals surface area contributed by atoms with Crippen molar-refractivity contribution in [3.63, 3.8) is 0 Å². The van der Waals surface area contributed by atoms with E-state index in [1.165, 1.54) is 46.6 Å². The van der Waals surface area contributed by atoms with Crippen molar-refractivity contribution in [1.82, 2.24) is 0 Å². The van der Waals surface area contributed by atoms with E-state index in [2.05, 4.69) is 0 Å². The Balaban J connectivity index is 1.98. The lowest BCUT2D eigenvalue weighted by atomic mass is 9.93. The lowest BCUT2D eigenvalue weighted by Gasteiger charge is -2.32. The van der Waals surface area contributed by atoms with Crippen LogP contribution in [0.5, 0.6) is 0 Å². The Hall–Kier alpha value is 0.390. The van der Waals surface area contributed by atoms with Gasteiger partial charge in [0.1, 0.15) is 0 Å². The fourth-order valence-corrected chi connectivity index (χ4v) is 3.55. The normalized spacial score (nSPS) is 43.2. The lowest BCUT2D eigenvalue weighted by Crippen LogP contribution is -2.31. The SMILES string of the molecule is C1COC2(C1)CCPCC2. The molecule has 0 aromatic carbocycles. The van der Waals surface area contributed by atoms with E-state index in [-0.39, 0.29) is 0 Å². The quantitative estimate of drug-likeness (QED) is 0.490. The first kappa shape index (κ1) is 7.06. The maximum atomic E-state index is 5.79. The van der Waals surface area contributed by atoms with Crippen molar-refractivity contribution < 1.29 is 4.74 Å². The summed E-state index contributed by atoms with van der Waals surface area (Å²) < 4.78 is 5.79. The molecule has 0 bridgehead atoms. The summed E-state index contributed by atoms with van der Waals surface area (Å²) in [4.78, 5) is 0. The number of hydrogen-bond donors (Lipinski definition) is 0. The van der Waals surface area contributed by atoms with Crippen LogP contribution >= 0.6 is 8.58 Å². The molecule has 1 nitrogen and oxygen atoms in total. The van der Waals surface area contributed by atoms with Gasteiger partial charge in [0, 0.05) is 6.61 Å². The highest BCUT2D eigenvalue weighted by Gasteiger charge is 2.35. The second-order valence-electron chi connectivity index (χ2n) is 3.39. The average Bonchev–Trinajstić information content (AvgIpc) is 2.39. The topological polar surface area (TPSA) is 9.23 Å². The van der Waals surface area contributed by atoms with Gasteiger partial charge in [0.2, 0.25) is 0 Å². The monoisotopic (exact) mass is 158 g/mol. The molecule has 58 valence electrons. The summed E-state index contributed by atoms with van der Waals surface area (Å²) in [5.41, 5.74) is 0.380. The third kappa shape index (κ3) is 1.22. The van der Waals surface area contributed by atoms with Gasteiger partial charge in [-0.3, -0.25) is 0 Å². The van der Waals surface area contributed by atoms with Crippen molar-refractivity contribution >= 4 is 8.58 Å². The van der Waals surface area contributed by atoms with E-state index in [1.807, 2.05) is 0 Å². The van der Waals surface area contributed by atoms with Gasteiger partial charge in [0.05, 0.1) is 5.60 Å². The van der Waals surface area contributed by atoms with Crippen LogP contribution < -0.4 is 0 Å². The van der Waals surface area contributed by atoms with E-state index < -0.39 is 0 Å². The van der Waals surface area contributed by atoms with Gasteiger partial charge in [0.25, 0.3) is 0 Å². The molecule has 2 aliphatic heterocycles. The average molecular weight is 158 g/mol. The highest BCUT2D eigenvalue weighted by Crippen LogP contribution is 2.39. The molecule has 2 heteroatoms. The van der Waals surface area contributed by atoms with Gasteiger partial charge in [-0.05, 0) is 38.0 Å². The molecule has 0 aromatic rings. The van der Waals surface area contributed by atoms with Crippen molar-refractivity contribution in [3.05, 3.63) is 0 Å². The predicted molar refractivity (Wildman–Crippen MR) is 45.2 cm³/mol. The maximum absolute atomic E-state index is 5.79. The van der Waals surface area contributed by atoms with Gasteiger partial charge in [-0.25, -0.2) is 0 Å². The highest BCUT2D eigenvalue weighted by atomic mass is 31.1. The molecule has 10 heavy (non-hydrogen) atoms. The molecule has 2 heterocycles. The van der Waals surface area contributed by atoms with Gasteiger partial charge in [-0.15, -0.1) is 8.58 Å². The minimum Gasteiger partial charge on any atom is -0.375 e. The van der Waals surface area contributed by atoms with E-state index >= 15 is 0 Å². The molecule has 0 N–H and O–H groups in total. The Bertz CT molecular complexity index is 110. The van der Waals surface area contributed by atoms with Crippen LogP contribution in [0.3, 0.4) is 0 Å². The minimum absolute atomic E-state index is 0.380. The molecule has 1 spiro atoms. The molecule has 2 aliphatic rings. The number of rotatable bonds is 0. The molecule has 0 unspecified atom stereocenters. The molecule has 0 saturated carbocycles. The molecule has 2 fully saturated rings. The molecule has 0 aromatic heterocycles. The van der Waals surface area contributed by atoms with Crippen molar-refractivity contribution in [2.24, 2.45) is 0 Å². The van der Waals surface area contributed by atoms with Gasteiger partial charge in [0.15, 0.2) is 0 Å². The van der Waals surface area contributed by atoms with Crippen LogP contribution in [-0.2, 0) is 4.74 Å². The van der Waals surface area contributed by atoms with E-state index in [1.54, 1.807) is 0 Å². The van der Waals surface area contributed by atoms with Gasteiger partial charge < -0.3 is 4.74 Å². The zero-order chi connectivity index (χ0) is 6.86. The molecular formula is C8H15OP. The van der Waals surface area contributed by atoms with E-state index in [9.17, 15) is 0 Å². The third-order valence-electron chi connectivity index (χ3n) is 2.70. The standard InChI is InChI=1S/C8H15OP/c1-2-8(9-5-1)3-6-10-7-4-8/h10H,1-7H2. The Morgan fingerprint density at radius 2 is 1.90 bits per heavy atom. The number of hydrogen-bond acceptors (Lipinski definition) is 1. The predicted octanol–water partition coefficient (Wildman–Crippen LogP) is 2.01. The first-order chi connectivity index (χ1) is 4.91. The first-order valence-corrected chi connectivity index (χ1v) is 5.67. The summed E-state index contributed by atoms with van der Waals surface area (Å²) in [6.45, 7) is 1.03. The van der Waals surface area contributed by atoms with Crippen LogP contribution in [0.25, 0.3) is 0 Å². The van der Waals surface area contributed by atoms with Crippen LogP contribution in [0.15, 0.2) is 0 Å². The van der Waals surface area contributed by atoms with Crippen LogP contribution in [0.2, 0.25) is 0 Å². The van der Waals surface area contributed by atoms with Gasteiger partial charge >= 0.3 is 0 Å². The lowest BCUT2D eigenvalue weighted by molar-refractivity contribution is -0.00259. The van der Waals surface area contributed by atoms with E-state index in [4.69, 9.17) is 4.74 Å². The summed E-state index contributed by atoms with van der Waals surface area (Å²) in [7, 11) is 1.22. The van der Waals surface area contributed by atoms with Crippen molar-refractivity contribution in [1.29, 1.82) is 0 Å². The van der Waals surface area contributed by atoms with E-state index in [0.29, 0.717) is 5.60 Å². The molecular weight excluding hydrogens is 143 g/mol. The molecule has 0 aliphatic carbocycles. The Kier molecular flexibility index (Phi) is 1.97. The molecule has 2 saturated heterocycles. The smallest absolute Gasteiger partial charge is 0.0690 e. The molecule has 0 radical (unpaired) electrons. The zero-order valence-electron chi connectivity index (χ0n) is 6.36. The summed E-state index contributed by atoms with van der Waals surface area (Å²) in [6, 6.07) is 0. The second-order valence-corrected chi connectivity index (χ2v) is 4.89. The van der Waals surface area contributed by atoms with Crippen LogP contribution in [-0.4, -0.2) is 24.5 Å². The zero-order valence-corrected chi connectivity index (χ0v) is 7.36. The largest absolute Gasteiger partial charge is 0.375 e. The van der Waals surface area contributed by atoms with Gasteiger partial charge in [-0.2, -0.15) is 0 Å². The van der Waals surface area contributed by atoms with Crippen molar-refractivity contribution in [2.45, 2.75) is 31.3 Å². The fourth-order valence-electron chi connectivity index (χ4n) is 2.03. The molecule has 0 amide bonds. The Morgan fingerprint density at radius 1 is 1.10 bits per heavy atom. The van der Waals surface area contributed by atoms with Crippen molar-refractivity contribution in [2.75, 3.05) is 18.9 Å². The number of ether oxygens (including phenoxy) is 1. The summed E-state index contributed by atoms with van der Waals surface area (Å²) in [5.74, 6) is 0. The highest BCUT2D eigenvalue weighted by molar-refractivity contribution is 7.38. The Labute approximate surface area is 64.3 Å². The van der Waals surface area contributed by atoms with Crippen LogP contribution in [0.1, 0.15) is 25.7 Å². The second kappa shape index (κ2) is 2.79. The minimum atomic E-state index is 0.380. The first-order valence-electron chi connectivity index (χ1n) is 4.26. The molecule has 0 atom stereocenters. The van der Waals surface area contributed by atoms with Crippen LogP contribution in [0.4, 0.5) is 0 Å². The van der Waals surface area contributed by atoms with E-state index in [0.717, 1.165) is 6.61 Å². The molecule has 2 rings (SSSR count). The fraction of sp³-hybridized carbons (Fsp3) is 1.00. The summed E-state index contributed by atoms with van der Waals surface area (Å²) in [5, 5.41) is 0. The van der Waals surface area contributed by atoms with Crippen LogP contribution in [0, 0.1) is 0 Å². The van der Waals surface area contributed by atoms with Crippen molar-refractivity contribution in [3.8, 4) is 0 Å². The Morgan fingerprint density at radius 3 is 2.50 bits per heavy atom. The third-order valence-corrected chi connectivity index (χ3v) is 3.91.